The largest absolute Gasteiger partial charge is 0.478 e. The van der Waals surface area contributed by atoms with Gasteiger partial charge in [0.15, 0.2) is 0 Å². The number of rotatable bonds is 4. The molecule has 94 valence electrons. The zero-order valence-electron chi connectivity index (χ0n) is 9.88. The van der Waals surface area contributed by atoms with Crippen LogP contribution in [0.25, 0.3) is 0 Å². The van der Waals surface area contributed by atoms with Crippen molar-refractivity contribution < 1.29 is 9.53 Å². The molecule has 0 radical (unpaired) electrons. The van der Waals surface area contributed by atoms with Gasteiger partial charge in [0.25, 0.3) is 5.91 Å². The van der Waals surface area contributed by atoms with E-state index in [0.29, 0.717) is 17.6 Å². The van der Waals surface area contributed by atoms with E-state index in [0.717, 1.165) is 5.01 Å². The molecule has 0 aliphatic carbocycles. The maximum atomic E-state index is 11.9. The Bertz CT molecular complexity index is 557. The molecule has 0 aliphatic rings. The summed E-state index contributed by atoms with van der Waals surface area (Å²) in [5.41, 5.74) is 0.223. The summed E-state index contributed by atoms with van der Waals surface area (Å²) >= 11 is 1.30. The summed E-state index contributed by atoms with van der Waals surface area (Å²) in [6.07, 6.45) is 1.28. The number of carbonyl (C=O) groups excluding carboxylic acids is 1. The van der Waals surface area contributed by atoms with Crippen molar-refractivity contribution >= 4 is 22.4 Å². The van der Waals surface area contributed by atoms with E-state index in [1.54, 1.807) is 0 Å². The van der Waals surface area contributed by atoms with E-state index >= 15 is 0 Å². The third-order valence-corrected chi connectivity index (χ3v) is 2.67. The Morgan fingerprint density at radius 3 is 2.94 bits per heavy atom. The maximum absolute atomic E-state index is 11.9. The molecule has 1 amide bonds. The Morgan fingerprint density at radius 1 is 1.44 bits per heavy atom. The topological polar surface area (TPSA) is 89.9 Å². The molecular weight excluding hydrogens is 254 g/mol. The Labute approximate surface area is 107 Å². The minimum absolute atomic E-state index is 0.223. The molecular formula is C10H11N5O2S. The quantitative estimate of drug-likeness (QED) is 0.895. The second-order valence-electron chi connectivity index (χ2n) is 3.25. The molecule has 2 aromatic rings. The van der Waals surface area contributed by atoms with Crippen molar-refractivity contribution in [3.8, 4) is 5.88 Å². The molecule has 2 rings (SSSR count). The smallest absolute Gasteiger partial charge is 0.276 e. The first-order valence-corrected chi connectivity index (χ1v) is 6.07. The van der Waals surface area contributed by atoms with Gasteiger partial charge in [-0.15, -0.1) is 10.2 Å². The predicted molar refractivity (Wildman–Crippen MR) is 65.8 cm³/mol. The van der Waals surface area contributed by atoms with Gasteiger partial charge in [-0.05, 0) is 13.8 Å². The van der Waals surface area contributed by atoms with Gasteiger partial charge < -0.3 is 4.74 Å². The van der Waals surface area contributed by atoms with Crippen LogP contribution in [-0.4, -0.2) is 32.7 Å². The SMILES string of the molecule is CCOc1cc(C(=O)Nc2nnc(C)s2)ncn1. The molecule has 7 nitrogen and oxygen atoms in total. The first-order valence-electron chi connectivity index (χ1n) is 5.25. The maximum Gasteiger partial charge on any atom is 0.276 e. The van der Waals surface area contributed by atoms with Gasteiger partial charge in [0.1, 0.15) is 17.0 Å². The molecule has 0 aliphatic heterocycles. The highest BCUT2D eigenvalue weighted by molar-refractivity contribution is 7.15. The zero-order chi connectivity index (χ0) is 13.0. The van der Waals surface area contributed by atoms with E-state index in [1.807, 2.05) is 13.8 Å². The van der Waals surface area contributed by atoms with Gasteiger partial charge in [-0.2, -0.15) is 0 Å². The number of hydrogen-bond acceptors (Lipinski definition) is 7. The second-order valence-corrected chi connectivity index (χ2v) is 4.44. The van der Waals surface area contributed by atoms with E-state index < -0.39 is 0 Å². The lowest BCUT2D eigenvalue weighted by atomic mass is 10.4. The first kappa shape index (κ1) is 12.4. The van der Waals surface area contributed by atoms with Crippen LogP contribution in [0.3, 0.4) is 0 Å². The highest BCUT2D eigenvalue weighted by Gasteiger charge is 2.11. The highest BCUT2D eigenvalue weighted by atomic mass is 32.1. The molecule has 0 saturated carbocycles. The van der Waals surface area contributed by atoms with Gasteiger partial charge in [0, 0.05) is 6.07 Å². The van der Waals surface area contributed by atoms with Crippen LogP contribution in [0.1, 0.15) is 22.4 Å². The van der Waals surface area contributed by atoms with E-state index in [2.05, 4.69) is 25.5 Å². The van der Waals surface area contributed by atoms with Crippen LogP contribution in [-0.2, 0) is 0 Å². The molecule has 2 heterocycles. The van der Waals surface area contributed by atoms with E-state index in [1.165, 1.54) is 23.7 Å². The molecule has 8 heteroatoms. The Balaban J connectivity index is 2.11. The standard InChI is InChI=1S/C10H11N5O2S/c1-3-17-8-4-7(11-5-12-8)9(16)13-10-15-14-6(2)18-10/h4-5H,3H2,1-2H3,(H,13,15,16). The zero-order valence-corrected chi connectivity index (χ0v) is 10.7. The van der Waals surface area contributed by atoms with Crippen molar-refractivity contribution in [3.63, 3.8) is 0 Å². The number of ether oxygens (including phenoxy) is 1. The molecule has 2 aromatic heterocycles. The summed E-state index contributed by atoms with van der Waals surface area (Å²) in [4.78, 5) is 19.6. The monoisotopic (exact) mass is 265 g/mol. The molecule has 0 atom stereocenters. The molecule has 0 unspecified atom stereocenters. The van der Waals surface area contributed by atoms with Gasteiger partial charge in [-0.1, -0.05) is 11.3 Å². The summed E-state index contributed by atoms with van der Waals surface area (Å²) in [6.45, 7) is 4.13. The van der Waals surface area contributed by atoms with Crippen LogP contribution in [0.4, 0.5) is 5.13 Å². The molecule has 0 fully saturated rings. The summed E-state index contributed by atoms with van der Waals surface area (Å²) in [5, 5.41) is 11.4. The number of amides is 1. The van der Waals surface area contributed by atoms with Crippen LogP contribution in [0.2, 0.25) is 0 Å². The van der Waals surface area contributed by atoms with Crippen molar-refractivity contribution in [2.45, 2.75) is 13.8 Å². The first-order chi connectivity index (χ1) is 8.69. The van der Waals surface area contributed by atoms with E-state index in [9.17, 15) is 4.79 Å². The van der Waals surface area contributed by atoms with Crippen LogP contribution >= 0.6 is 11.3 Å². The fourth-order valence-corrected chi connectivity index (χ4v) is 1.79. The second kappa shape index (κ2) is 5.50. The fraction of sp³-hybridized carbons (Fsp3) is 0.300. The normalized spacial score (nSPS) is 10.1. The lowest BCUT2D eigenvalue weighted by molar-refractivity contribution is 0.102. The summed E-state index contributed by atoms with van der Waals surface area (Å²) in [6, 6.07) is 1.48. The molecule has 1 N–H and O–H groups in total. The van der Waals surface area contributed by atoms with Gasteiger partial charge >= 0.3 is 0 Å². The number of hydrogen-bond donors (Lipinski definition) is 1. The van der Waals surface area contributed by atoms with Crippen molar-refractivity contribution in [3.05, 3.63) is 23.1 Å². The van der Waals surface area contributed by atoms with Gasteiger partial charge in [0.05, 0.1) is 6.61 Å². The lowest BCUT2D eigenvalue weighted by Crippen LogP contribution is -2.14. The minimum atomic E-state index is -0.366. The van der Waals surface area contributed by atoms with Crippen LogP contribution in [0.5, 0.6) is 5.88 Å². The Hall–Kier alpha value is -2.09. The number of aromatic nitrogens is 4. The number of aryl methyl sites for hydroxylation is 1. The Kier molecular flexibility index (Phi) is 3.78. The summed E-state index contributed by atoms with van der Waals surface area (Å²) < 4.78 is 5.19. The van der Waals surface area contributed by atoms with Crippen molar-refractivity contribution in [1.82, 2.24) is 20.2 Å². The van der Waals surface area contributed by atoms with Crippen LogP contribution in [0, 0.1) is 6.92 Å². The molecule has 0 aromatic carbocycles. The summed E-state index contributed by atoms with van der Waals surface area (Å²) in [7, 11) is 0. The predicted octanol–water partition coefficient (Wildman–Crippen LogP) is 1.29. The molecule has 0 spiro atoms. The average Bonchev–Trinajstić information content (AvgIpc) is 2.75. The van der Waals surface area contributed by atoms with E-state index in [-0.39, 0.29) is 11.6 Å². The lowest BCUT2D eigenvalue weighted by Gasteiger charge is -2.03. The third kappa shape index (κ3) is 2.98. The van der Waals surface area contributed by atoms with Gasteiger partial charge in [-0.3, -0.25) is 10.1 Å². The average molecular weight is 265 g/mol. The number of nitrogens with one attached hydrogen (secondary N) is 1. The van der Waals surface area contributed by atoms with Crippen molar-refractivity contribution in [2.75, 3.05) is 11.9 Å². The fourth-order valence-electron chi connectivity index (χ4n) is 1.20. The number of carbonyl (C=O) groups is 1. The minimum Gasteiger partial charge on any atom is -0.478 e. The number of anilines is 1. The van der Waals surface area contributed by atoms with Crippen LogP contribution < -0.4 is 10.1 Å². The molecule has 0 saturated heterocycles. The molecule has 0 bridgehead atoms. The van der Waals surface area contributed by atoms with Crippen LogP contribution in [0.15, 0.2) is 12.4 Å². The third-order valence-electron chi connectivity index (χ3n) is 1.91. The Morgan fingerprint density at radius 2 is 2.28 bits per heavy atom. The summed E-state index contributed by atoms with van der Waals surface area (Å²) in [5.74, 6) is 0.000553. The van der Waals surface area contributed by atoms with Crippen molar-refractivity contribution in [2.24, 2.45) is 0 Å². The van der Waals surface area contributed by atoms with Gasteiger partial charge in [-0.25, -0.2) is 9.97 Å². The molecule has 18 heavy (non-hydrogen) atoms. The number of nitrogens with zero attached hydrogens (tertiary/aromatic N) is 4. The highest BCUT2D eigenvalue weighted by Crippen LogP contribution is 2.15. The van der Waals surface area contributed by atoms with E-state index in [4.69, 9.17) is 4.74 Å². The van der Waals surface area contributed by atoms with Gasteiger partial charge in [0.2, 0.25) is 11.0 Å². The van der Waals surface area contributed by atoms with Crippen molar-refractivity contribution in [1.29, 1.82) is 0 Å².